The summed E-state index contributed by atoms with van der Waals surface area (Å²) in [7, 11) is 0. The number of rotatable bonds is 2. The predicted octanol–water partition coefficient (Wildman–Crippen LogP) is 1.95. The number of carbonyl (C=O) groups is 2. The maximum Gasteiger partial charge on any atom is 0.410 e. The van der Waals surface area contributed by atoms with E-state index in [-0.39, 0.29) is 23.8 Å². The van der Waals surface area contributed by atoms with E-state index in [4.69, 9.17) is 4.74 Å². The van der Waals surface area contributed by atoms with Crippen LogP contribution in [0.25, 0.3) is 0 Å². The number of nitrogens with zero attached hydrogens (tertiary/aromatic N) is 1. The first-order chi connectivity index (χ1) is 9.38. The largest absolute Gasteiger partial charge is 0.444 e. The normalized spacial score (nSPS) is 24.8. The molecule has 20 heavy (non-hydrogen) atoms. The molecule has 1 N–H and O–H groups in total. The molecule has 1 heterocycles. The number of nitrogens with one attached hydrogen (secondary N) is 1. The van der Waals surface area contributed by atoms with Crippen molar-refractivity contribution < 1.29 is 14.3 Å². The van der Waals surface area contributed by atoms with Crippen molar-refractivity contribution in [3.63, 3.8) is 0 Å². The van der Waals surface area contributed by atoms with Crippen molar-refractivity contribution in [3.05, 3.63) is 0 Å². The van der Waals surface area contributed by atoms with Gasteiger partial charge in [-0.1, -0.05) is 6.42 Å². The fourth-order valence-corrected chi connectivity index (χ4v) is 2.64. The summed E-state index contributed by atoms with van der Waals surface area (Å²) in [6.07, 6.45) is 3.56. The zero-order valence-corrected chi connectivity index (χ0v) is 12.8. The van der Waals surface area contributed by atoms with Gasteiger partial charge in [0.15, 0.2) is 5.78 Å². The molecule has 1 saturated carbocycles. The smallest absolute Gasteiger partial charge is 0.410 e. The van der Waals surface area contributed by atoms with E-state index in [1.54, 1.807) is 4.90 Å². The molecule has 1 amide bonds. The summed E-state index contributed by atoms with van der Waals surface area (Å²) in [4.78, 5) is 26.5. The van der Waals surface area contributed by atoms with Gasteiger partial charge in [-0.15, -0.1) is 0 Å². The lowest BCUT2D eigenvalue weighted by molar-refractivity contribution is -0.130. The summed E-state index contributed by atoms with van der Waals surface area (Å²) in [6, 6.07) is -0.363. The molecule has 1 aliphatic heterocycles. The fourth-order valence-electron chi connectivity index (χ4n) is 2.64. The van der Waals surface area contributed by atoms with E-state index >= 15 is 0 Å². The van der Waals surface area contributed by atoms with Crippen LogP contribution < -0.4 is 5.32 Å². The molecule has 2 aliphatic rings. The lowest BCUT2D eigenvalue weighted by atomic mass is 9.79. The second-order valence-corrected chi connectivity index (χ2v) is 6.78. The molecule has 0 aromatic carbocycles. The Hall–Kier alpha value is -1.10. The standard InChI is InChI=1S/C15H26N2O3/c1-15(2,3)20-14(19)17-9-5-8-16-10-12(17)13(18)11-6-4-7-11/h11-12,16H,4-10H2,1-3H3. The zero-order valence-electron chi connectivity index (χ0n) is 12.8. The van der Waals surface area contributed by atoms with Gasteiger partial charge in [0.1, 0.15) is 11.6 Å². The molecule has 5 nitrogen and oxygen atoms in total. The number of hydrogen-bond acceptors (Lipinski definition) is 4. The highest BCUT2D eigenvalue weighted by molar-refractivity contribution is 5.90. The Morgan fingerprint density at radius 2 is 1.90 bits per heavy atom. The molecule has 0 aromatic heterocycles. The van der Waals surface area contributed by atoms with Gasteiger partial charge in [-0.2, -0.15) is 0 Å². The summed E-state index contributed by atoms with van der Waals surface area (Å²) >= 11 is 0. The molecule has 0 radical (unpaired) electrons. The second-order valence-electron chi connectivity index (χ2n) is 6.78. The lowest BCUT2D eigenvalue weighted by Gasteiger charge is -2.35. The average molecular weight is 282 g/mol. The minimum atomic E-state index is -0.527. The number of ether oxygens (including phenoxy) is 1. The van der Waals surface area contributed by atoms with Gasteiger partial charge in [0.2, 0.25) is 0 Å². The van der Waals surface area contributed by atoms with Gasteiger partial charge >= 0.3 is 6.09 Å². The molecule has 114 valence electrons. The number of Topliss-reactive ketones (excluding diaryl/α,β-unsaturated/α-hetero) is 1. The highest BCUT2D eigenvalue weighted by atomic mass is 16.6. The topological polar surface area (TPSA) is 58.6 Å². The molecule has 0 aromatic rings. The van der Waals surface area contributed by atoms with Crippen molar-refractivity contribution >= 4 is 11.9 Å². The molecule has 2 rings (SSSR count). The van der Waals surface area contributed by atoms with E-state index in [0.29, 0.717) is 13.1 Å². The quantitative estimate of drug-likeness (QED) is 0.841. The van der Waals surface area contributed by atoms with E-state index in [9.17, 15) is 9.59 Å². The first-order valence-electron chi connectivity index (χ1n) is 7.62. The lowest BCUT2D eigenvalue weighted by Crippen LogP contribution is -2.52. The van der Waals surface area contributed by atoms with Gasteiger partial charge in [-0.3, -0.25) is 9.69 Å². The molecule has 1 atom stereocenters. The third kappa shape index (κ3) is 3.72. The summed E-state index contributed by atoms with van der Waals surface area (Å²) in [5.74, 6) is 0.348. The summed E-state index contributed by atoms with van der Waals surface area (Å²) in [6.45, 7) is 7.53. The Morgan fingerprint density at radius 1 is 1.20 bits per heavy atom. The zero-order chi connectivity index (χ0) is 14.8. The monoisotopic (exact) mass is 282 g/mol. The van der Waals surface area contributed by atoms with E-state index in [2.05, 4.69) is 5.32 Å². The molecule has 5 heteroatoms. The Kier molecular flexibility index (Phi) is 4.68. The van der Waals surface area contributed by atoms with Crippen LogP contribution in [0.1, 0.15) is 46.5 Å². The minimum absolute atomic E-state index is 0.143. The van der Waals surface area contributed by atoms with E-state index < -0.39 is 5.60 Å². The van der Waals surface area contributed by atoms with Crippen LogP contribution in [0.3, 0.4) is 0 Å². The van der Waals surface area contributed by atoms with Gasteiger partial charge in [0.25, 0.3) is 0 Å². The Morgan fingerprint density at radius 3 is 2.45 bits per heavy atom. The summed E-state index contributed by atoms with van der Waals surface area (Å²) in [5, 5.41) is 3.26. The van der Waals surface area contributed by atoms with Gasteiger partial charge in [0.05, 0.1) is 0 Å². The molecule has 2 fully saturated rings. The van der Waals surface area contributed by atoms with E-state index in [0.717, 1.165) is 32.2 Å². The van der Waals surface area contributed by atoms with E-state index in [1.807, 2.05) is 20.8 Å². The second kappa shape index (κ2) is 6.12. The SMILES string of the molecule is CC(C)(C)OC(=O)N1CCCNCC1C(=O)C1CCC1. The number of hydrogen-bond donors (Lipinski definition) is 1. The highest BCUT2D eigenvalue weighted by Gasteiger charge is 2.38. The minimum Gasteiger partial charge on any atom is -0.444 e. The van der Waals surface area contributed by atoms with Gasteiger partial charge < -0.3 is 10.1 Å². The third-order valence-electron chi connectivity index (χ3n) is 3.93. The summed E-state index contributed by atoms with van der Waals surface area (Å²) < 4.78 is 5.45. The van der Waals surface area contributed by atoms with E-state index in [1.165, 1.54) is 0 Å². The van der Waals surface area contributed by atoms with Crippen molar-refractivity contribution in [1.82, 2.24) is 10.2 Å². The van der Waals surface area contributed by atoms with Crippen molar-refractivity contribution in [2.24, 2.45) is 5.92 Å². The Labute approximate surface area is 121 Å². The van der Waals surface area contributed by atoms with Crippen molar-refractivity contribution in [1.29, 1.82) is 0 Å². The van der Waals surface area contributed by atoms with Crippen LogP contribution in [0, 0.1) is 5.92 Å². The molecule has 0 spiro atoms. The van der Waals surface area contributed by atoms with Crippen LogP contribution in [-0.2, 0) is 9.53 Å². The number of carbonyl (C=O) groups excluding carboxylic acids is 2. The highest BCUT2D eigenvalue weighted by Crippen LogP contribution is 2.29. The van der Waals surface area contributed by atoms with Gasteiger partial charge in [-0.05, 0) is 46.6 Å². The maximum atomic E-state index is 12.5. The van der Waals surface area contributed by atoms with Crippen LogP contribution >= 0.6 is 0 Å². The maximum absolute atomic E-state index is 12.5. The Bertz CT molecular complexity index is 372. The van der Waals surface area contributed by atoms with Crippen molar-refractivity contribution in [2.75, 3.05) is 19.6 Å². The van der Waals surface area contributed by atoms with Crippen LogP contribution in [0.4, 0.5) is 4.79 Å². The molecular weight excluding hydrogens is 256 g/mol. The first kappa shape index (κ1) is 15.3. The summed E-state index contributed by atoms with van der Waals surface area (Å²) in [5.41, 5.74) is -0.527. The molecule has 1 aliphatic carbocycles. The van der Waals surface area contributed by atoms with Crippen LogP contribution in [0.15, 0.2) is 0 Å². The van der Waals surface area contributed by atoms with Gasteiger partial charge in [0, 0.05) is 19.0 Å². The first-order valence-corrected chi connectivity index (χ1v) is 7.62. The van der Waals surface area contributed by atoms with Gasteiger partial charge in [-0.25, -0.2) is 4.79 Å². The molecular formula is C15H26N2O3. The van der Waals surface area contributed by atoms with Crippen LogP contribution in [-0.4, -0.2) is 48.1 Å². The number of amides is 1. The average Bonchev–Trinajstić information content (AvgIpc) is 2.48. The van der Waals surface area contributed by atoms with Crippen LogP contribution in [0.5, 0.6) is 0 Å². The molecule has 0 bridgehead atoms. The van der Waals surface area contributed by atoms with Crippen molar-refractivity contribution in [2.45, 2.75) is 58.1 Å². The number of ketones is 1. The predicted molar refractivity (Wildman–Crippen MR) is 76.6 cm³/mol. The molecule has 1 saturated heterocycles. The van der Waals surface area contributed by atoms with Crippen LogP contribution in [0.2, 0.25) is 0 Å². The fraction of sp³-hybridized carbons (Fsp3) is 0.867. The molecule has 1 unspecified atom stereocenters. The Balaban J connectivity index is 2.08. The third-order valence-corrected chi connectivity index (χ3v) is 3.93. The van der Waals surface area contributed by atoms with Crippen molar-refractivity contribution in [3.8, 4) is 0 Å².